The smallest absolute Gasteiger partial charge is 0.220 e. The number of unbranched alkanes of at least 4 members (excludes halogenated alkanes) is 1. The van der Waals surface area contributed by atoms with Crippen LogP contribution in [-0.2, 0) is 22.7 Å². The lowest BCUT2D eigenvalue weighted by atomic mass is 10.1. The molecule has 0 aliphatic rings. The maximum absolute atomic E-state index is 11.9. The van der Waals surface area contributed by atoms with Gasteiger partial charge >= 0.3 is 0 Å². The van der Waals surface area contributed by atoms with Crippen molar-refractivity contribution in [1.82, 2.24) is 10.6 Å². The van der Waals surface area contributed by atoms with Crippen molar-refractivity contribution in [1.29, 1.82) is 0 Å². The van der Waals surface area contributed by atoms with Gasteiger partial charge in [0, 0.05) is 25.9 Å². The van der Waals surface area contributed by atoms with Crippen LogP contribution >= 0.6 is 0 Å². The van der Waals surface area contributed by atoms with Gasteiger partial charge in [0.05, 0.1) is 0 Å². The summed E-state index contributed by atoms with van der Waals surface area (Å²) in [4.78, 5) is 23.8. The van der Waals surface area contributed by atoms with E-state index in [1.807, 2.05) is 48.5 Å². The van der Waals surface area contributed by atoms with Crippen molar-refractivity contribution < 1.29 is 9.59 Å². The van der Waals surface area contributed by atoms with E-state index in [0.717, 1.165) is 22.3 Å². The molecule has 0 aliphatic carbocycles. The van der Waals surface area contributed by atoms with Gasteiger partial charge in [-0.25, -0.2) is 0 Å². The Labute approximate surface area is 167 Å². The van der Waals surface area contributed by atoms with E-state index in [-0.39, 0.29) is 11.8 Å². The van der Waals surface area contributed by atoms with Gasteiger partial charge in [-0.2, -0.15) is 0 Å². The first-order valence-corrected chi connectivity index (χ1v) is 9.57. The first-order valence-electron chi connectivity index (χ1n) is 9.57. The second kappa shape index (κ2) is 11.5. The molecule has 0 heterocycles. The molecule has 0 saturated heterocycles. The summed E-state index contributed by atoms with van der Waals surface area (Å²) in [6.07, 6.45) is 5.83. The maximum Gasteiger partial charge on any atom is 0.220 e. The van der Waals surface area contributed by atoms with Crippen molar-refractivity contribution in [2.75, 3.05) is 0 Å². The number of hydrogen-bond acceptors (Lipinski definition) is 2. The van der Waals surface area contributed by atoms with Crippen LogP contribution < -0.4 is 10.6 Å². The number of hydrogen-bond donors (Lipinski definition) is 2. The summed E-state index contributed by atoms with van der Waals surface area (Å²) in [5.74, 6) is 0.0195. The Balaban J connectivity index is 1.56. The molecule has 2 N–H and O–H groups in total. The lowest BCUT2D eigenvalue weighted by Gasteiger charge is -2.07. The Kier molecular flexibility index (Phi) is 8.73. The van der Waals surface area contributed by atoms with Gasteiger partial charge in [-0.1, -0.05) is 73.8 Å². The SMILES string of the molecule is C=Cc1ccc(CNC(=O)CCCCC(=O)NCc2ccc(C=C)cc2)cc1. The van der Waals surface area contributed by atoms with Crippen LogP contribution in [-0.4, -0.2) is 11.8 Å². The van der Waals surface area contributed by atoms with E-state index in [9.17, 15) is 9.59 Å². The van der Waals surface area contributed by atoms with Crippen molar-refractivity contribution in [2.24, 2.45) is 0 Å². The van der Waals surface area contributed by atoms with Crippen molar-refractivity contribution >= 4 is 24.0 Å². The highest BCUT2D eigenvalue weighted by atomic mass is 16.2. The quantitative estimate of drug-likeness (QED) is 0.569. The predicted molar refractivity (Wildman–Crippen MR) is 115 cm³/mol. The highest BCUT2D eigenvalue weighted by molar-refractivity contribution is 5.77. The molecule has 28 heavy (non-hydrogen) atoms. The van der Waals surface area contributed by atoms with Gasteiger partial charge in [0.25, 0.3) is 0 Å². The summed E-state index contributed by atoms with van der Waals surface area (Å²) in [5, 5.41) is 5.82. The zero-order chi connectivity index (χ0) is 20.2. The number of nitrogens with one attached hydrogen (secondary N) is 2. The maximum atomic E-state index is 11.9. The average Bonchev–Trinajstić information content (AvgIpc) is 2.74. The van der Waals surface area contributed by atoms with Crippen molar-refractivity contribution in [2.45, 2.75) is 38.8 Å². The summed E-state index contributed by atoms with van der Waals surface area (Å²) in [5.41, 5.74) is 4.23. The first kappa shape index (κ1) is 21.2. The Bertz CT molecular complexity index is 723. The normalized spacial score (nSPS) is 10.1. The van der Waals surface area contributed by atoms with Gasteiger partial charge in [-0.3, -0.25) is 9.59 Å². The Morgan fingerprint density at radius 1 is 0.679 bits per heavy atom. The van der Waals surface area contributed by atoms with Gasteiger partial charge in [0.15, 0.2) is 0 Å². The van der Waals surface area contributed by atoms with Crippen molar-refractivity contribution in [3.63, 3.8) is 0 Å². The lowest BCUT2D eigenvalue weighted by molar-refractivity contribution is -0.123. The fourth-order valence-corrected chi connectivity index (χ4v) is 2.69. The van der Waals surface area contributed by atoms with Crippen LogP contribution in [0.1, 0.15) is 47.9 Å². The zero-order valence-electron chi connectivity index (χ0n) is 16.2. The summed E-state index contributed by atoms with van der Waals surface area (Å²) < 4.78 is 0. The fraction of sp³-hybridized carbons (Fsp3) is 0.250. The number of benzene rings is 2. The molecule has 0 aliphatic heterocycles. The van der Waals surface area contributed by atoms with Crippen LogP contribution in [0.5, 0.6) is 0 Å². The molecule has 2 aromatic rings. The van der Waals surface area contributed by atoms with E-state index in [0.29, 0.717) is 38.8 Å². The van der Waals surface area contributed by atoms with E-state index in [1.165, 1.54) is 0 Å². The number of rotatable bonds is 11. The summed E-state index contributed by atoms with van der Waals surface area (Å²) in [6, 6.07) is 15.8. The molecule has 0 spiro atoms. The van der Waals surface area contributed by atoms with E-state index < -0.39 is 0 Å². The Morgan fingerprint density at radius 3 is 1.36 bits per heavy atom. The van der Waals surface area contributed by atoms with E-state index in [4.69, 9.17) is 0 Å². The minimum Gasteiger partial charge on any atom is -0.352 e. The van der Waals surface area contributed by atoms with Crippen LogP contribution in [0.3, 0.4) is 0 Å². The van der Waals surface area contributed by atoms with Gasteiger partial charge < -0.3 is 10.6 Å². The van der Waals surface area contributed by atoms with Crippen LogP contribution in [0.15, 0.2) is 61.7 Å². The average molecular weight is 377 g/mol. The third-order valence-corrected chi connectivity index (χ3v) is 4.47. The van der Waals surface area contributed by atoms with Gasteiger partial charge in [-0.15, -0.1) is 0 Å². The second-order valence-electron chi connectivity index (χ2n) is 6.65. The van der Waals surface area contributed by atoms with Crippen LogP contribution in [0.2, 0.25) is 0 Å². The molecule has 0 radical (unpaired) electrons. The Morgan fingerprint density at radius 2 is 1.04 bits per heavy atom. The standard InChI is InChI=1S/C24H28N2O2/c1-3-19-9-13-21(14-10-19)17-25-23(27)7-5-6-8-24(28)26-18-22-15-11-20(4-2)12-16-22/h3-4,9-16H,1-2,5-8,17-18H2,(H,25,27)(H,26,28). The third-order valence-electron chi connectivity index (χ3n) is 4.47. The number of amides is 2. The molecule has 0 bridgehead atoms. The first-order chi connectivity index (χ1) is 13.6. The molecule has 2 aromatic carbocycles. The Hall–Kier alpha value is -3.14. The molecule has 146 valence electrons. The van der Waals surface area contributed by atoms with Gasteiger partial charge in [0.2, 0.25) is 11.8 Å². The molecule has 0 unspecified atom stereocenters. The minimum absolute atomic E-state index is 0.00974. The van der Waals surface area contributed by atoms with Crippen molar-refractivity contribution in [3.8, 4) is 0 Å². The largest absolute Gasteiger partial charge is 0.352 e. The highest BCUT2D eigenvalue weighted by Gasteiger charge is 2.05. The molecule has 0 saturated carbocycles. The highest BCUT2D eigenvalue weighted by Crippen LogP contribution is 2.07. The second-order valence-corrected chi connectivity index (χ2v) is 6.65. The molecular formula is C24H28N2O2. The summed E-state index contributed by atoms with van der Waals surface area (Å²) in [6.45, 7) is 8.47. The molecule has 4 nitrogen and oxygen atoms in total. The van der Waals surface area contributed by atoms with Crippen LogP contribution in [0, 0.1) is 0 Å². The molecule has 0 fully saturated rings. The van der Waals surface area contributed by atoms with Gasteiger partial charge in [0.1, 0.15) is 0 Å². The molecule has 2 rings (SSSR count). The molecule has 2 amide bonds. The zero-order valence-corrected chi connectivity index (χ0v) is 16.2. The third kappa shape index (κ3) is 7.62. The lowest BCUT2D eigenvalue weighted by Crippen LogP contribution is -2.23. The monoisotopic (exact) mass is 376 g/mol. The fourth-order valence-electron chi connectivity index (χ4n) is 2.69. The summed E-state index contributed by atoms with van der Waals surface area (Å²) in [7, 11) is 0. The van der Waals surface area contributed by atoms with Crippen LogP contribution in [0.25, 0.3) is 12.2 Å². The molecular weight excluding hydrogens is 348 g/mol. The van der Waals surface area contributed by atoms with E-state index in [1.54, 1.807) is 12.2 Å². The van der Waals surface area contributed by atoms with E-state index in [2.05, 4.69) is 23.8 Å². The van der Waals surface area contributed by atoms with Gasteiger partial charge in [-0.05, 0) is 35.1 Å². The minimum atomic E-state index is 0.00974. The van der Waals surface area contributed by atoms with Crippen LogP contribution in [0.4, 0.5) is 0 Å². The van der Waals surface area contributed by atoms with E-state index >= 15 is 0 Å². The molecule has 0 atom stereocenters. The van der Waals surface area contributed by atoms with Crippen molar-refractivity contribution in [3.05, 3.63) is 83.9 Å². The predicted octanol–water partition coefficient (Wildman–Crippen LogP) is 4.47. The number of carbonyl (C=O) groups excluding carboxylic acids is 2. The topological polar surface area (TPSA) is 58.2 Å². The molecule has 0 aromatic heterocycles. The molecule has 4 heteroatoms. The summed E-state index contributed by atoms with van der Waals surface area (Å²) >= 11 is 0. The number of carbonyl (C=O) groups is 2.